The second-order valence-corrected chi connectivity index (χ2v) is 15.7. The number of rotatable bonds is 8. The van der Waals surface area contributed by atoms with Crippen LogP contribution in [0.5, 0.6) is 0 Å². The van der Waals surface area contributed by atoms with Crippen molar-refractivity contribution in [2.75, 3.05) is 0 Å². The Balaban J connectivity index is 1.24. The van der Waals surface area contributed by atoms with E-state index in [9.17, 15) is 0 Å². The summed E-state index contributed by atoms with van der Waals surface area (Å²) in [5.41, 5.74) is 17.7. The molecule has 0 spiro atoms. The molecule has 0 radical (unpaired) electrons. The normalized spacial score (nSPS) is 11.4. The summed E-state index contributed by atoms with van der Waals surface area (Å²) in [5.74, 6) is 0. The molecule has 2 nitrogen and oxygen atoms in total. The first-order valence-corrected chi connectivity index (χ1v) is 21.0. The second-order valence-electron chi connectivity index (χ2n) is 15.7. The van der Waals surface area contributed by atoms with Gasteiger partial charge in [0, 0.05) is 11.4 Å². The van der Waals surface area contributed by atoms with Gasteiger partial charge >= 0.3 is 0 Å². The van der Waals surface area contributed by atoms with Gasteiger partial charge in [0.05, 0.1) is 22.8 Å². The van der Waals surface area contributed by atoms with Crippen LogP contribution in [0.25, 0.3) is 100 Å². The summed E-state index contributed by atoms with van der Waals surface area (Å²) in [6.45, 7) is 2.24. The maximum atomic E-state index is 2.43. The number of aryl methyl sites for hydroxylation is 1. The maximum absolute atomic E-state index is 2.43. The van der Waals surface area contributed by atoms with Gasteiger partial charge in [0.1, 0.15) is 0 Å². The Hall–Kier alpha value is -7.94. The highest BCUT2D eigenvalue weighted by Crippen LogP contribution is 2.47. The van der Waals surface area contributed by atoms with Crippen LogP contribution in [-0.2, 0) is 0 Å². The molecule has 0 saturated carbocycles. The highest BCUT2D eigenvalue weighted by atomic mass is 15.0. The molecule has 0 saturated heterocycles. The van der Waals surface area contributed by atoms with Crippen LogP contribution < -0.4 is 0 Å². The number of hydrogen-bond acceptors (Lipinski definition) is 0. The molecule has 11 rings (SSSR count). The van der Waals surface area contributed by atoms with Crippen LogP contribution in [0.3, 0.4) is 0 Å². The molecule has 0 bridgehead atoms. The number of nitrogens with zero attached hydrogens (tertiary/aromatic N) is 2. The van der Waals surface area contributed by atoms with Gasteiger partial charge in [0.2, 0.25) is 0 Å². The summed E-state index contributed by atoms with van der Waals surface area (Å²) in [6, 6.07) is 86.0. The lowest BCUT2D eigenvalue weighted by molar-refractivity contribution is 1.10. The molecule has 61 heavy (non-hydrogen) atoms. The predicted molar refractivity (Wildman–Crippen MR) is 257 cm³/mol. The molecule has 2 heterocycles. The van der Waals surface area contributed by atoms with Crippen LogP contribution in [0.2, 0.25) is 0 Å². The second kappa shape index (κ2) is 15.3. The lowest BCUT2D eigenvalue weighted by Gasteiger charge is -2.22. The van der Waals surface area contributed by atoms with Crippen molar-refractivity contribution in [1.29, 1.82) is 0 Å². The predicted octanol–water partition coefficient (Wildman–Crippen LogP) is 15.9. The van der Waals surface area contributed by atoms with Crippen LogP contribution in [0, 0.1) is 6.92 Å². The molecule has 2 aromatic heterocycles. The minimum Gasteiger partial charge on any atom is -0.309 e. The maximum Gasteiger partial charge on any atom is 0.0535 e. The number of benzene rings is 9. The molecule has 0 aliphatic carbocycles. The van der Waals surface area contributed by atoms with E-state index in [2.05, 4.69) is 253 Å². The zero-order chi connectivity index (χ0) is 40.7. The standard InChI is InChI=1S/C59H42N2/c1-41-19-17-18-30-49(41)59-51-34-32-47(60-54(42-20-7-2-8-21-42)35-36-55(60)43-22-9-3-10-23-43)39-52(51)58(46-28-15-6-16-29-46)50-33-31-48(40-53(50)59)61-56(44-24-11-4-12-25-44)37-38-57(61)45-26-13-5-14-27-45/h2-40H,1H3. The molecular formula is C59H42N2. The zero-order valence-corrected chi connectivity index (χ0v) is 33.9. The fourth-order valence-electron chi connectivity index (χ4n) is 9.31. The summed E-state index contributed by atoms with van der Waals surface area (Å²) in [5, 5.41) is 4.86. The third kappa shape index (κ3) is 6.37. The third-order valence-electron chi connectivity index (χ3n) is 12.1. The van der Waals surface area contributed by atoms with Gasteiger partial charge in [-0.25, -0.2) is 0 Å². The molecule has 0 amide bonds. The highest BCUT2D eigenvalue weighted by Gasteiger charge is 2.22. The minimum absolute atomic E-state index is 1.12. The Morgan fingerprint density at radius 1 is 0.262 bits per heavy atom. The van der Waals surface area contributed by atoms with Gasteiger partial charge in [-0.2, -0.15) is 0 Å². The number of fused-ring (bicyclic) bond motifs is 2. The average molecular weight is 779 g/mol. The van der Waals surface area contributed by atoms with Gasteiger partial charge in [-0.05, 0) is 127 Å². The van der Waals surface area contributed by atoms with Crippen molar-refractivity contribution in [3.05, 3.63) is 242 Å². The lowest BCUT2D eigenvalue weighted by Crippen LogP contribution is -2.02. The van der Waals surface area contributed by atoms with E-state index in [0.29, 0.717) is 0 Å². The zero-order valence-electron chi connectivity index (χ0n) is 33.9. The summed E-state index contributed by atoms with van der Waals surface area (Å²) in [7, 11) is 0. The van der Waals surface area contributed by atoms with Gasteiger partial charge in [-0.15, -0.1) is 0 Å². The Labute approximate surface area is 356 Å². The molecular weight excluding hydrogens is 737 g/mol. The van der Waals surface area contributed by atoms with Crippen molar-refractivity contribution in [2.45, 2.75) is 6.92 Å². The van der Waals surface area contributed by atoms with Crippen LogP contribution in [0.15, 0.2) is 237 Å². The fourth-order valence-corrected chi connectivity index (χ4v) is 9.31. The Morgan fingerprint density at radius 3 is 0.984 bits per heavy atom. The SMILES string of the molecule is Cc1ccccc1-c1c2ccc(-n3c(-c4ccccc4)ccc3-c3ccccc3)cc2c(-c2ccccc2)c2ccc(-n3c(-c4ccccc4)ccc3-c3ccccc3)cc12. The monoisotopic (exact) mass is 778 g/mol. The summed E-state index contributed by atoms with van der Waals surface area (Å²) >= 11 is 0. The molecule has 0 aliphatic heterocycles. The quantitative estimate of drug-likeness (QED) is 0.136. The van der Waals surface area contributed by atoms with Crippen LogP contribution in [0.4, 0.5) is 0 Å². The topological polar surface area (TPSA) is 9.86 Å². The van der Waals surface area contributed by atoms with Gasteiger partial charge in [0.25, 0.3) is 0 Å². The van der Waals surface area contributed by atoms with E-state index in [0.717, 1.165) is 34.2 Å². The van der Waals surface area contributed by atoms with E-state index in [4.69, 9.17) is 0 Å². The molecule has 288 valence electrons. The van der Waals surface area contributed by atoms with Gasteiger partial charge in [0.15, 0.2) is 0 Å². The molecule has 2 heteroatoms. The first-order chi connectivity index (χ1) is 30.2. The van der Waals surface area contributed by atoms with Crippen molar-refractivity contribution in [3.8, 4) is 78.7 Å². The third-order valence-corrected chi connectivity index (χ3v) is 12.1. The molecule has 9 aromatic carbocycles. The highest BCUT2D eigenvalue weighted by molar-refractivity contribution is 6.22. The first-order valence-electron chi connectivity index (χ1n) is 21.0. The van der Waals surface area contributed by atoms with Crippen molar-refractivity contribution in [2.24, 2.45) is 0 Å². The fraction of sp³-hybridized carbons (Fsp3) is 0.0169. The Kier molecular flexibility index (Phi) is 9.09. The van der Waals surface area contributed by atoms with E-state index in [1.165, 1.54) is 71.6 Å². The Morgan fingerprint density at radius 2 is 0.590 bits per heavy atom. The smallest absolute Gasteiger partial charge is 0.0535 e. The van der Waals surface area contributed by atoms with E-state index in [1.807, 2.05) is 0 Å². The van der Waals surface area contributed by atoms with E-state index in [1.54, 1.807) is 0 Å². The number of hydrogen-bond donors (Lipinski definition) is 0. The van der Waals surface area contributed by atoms with Gasteiger partial charge in [-0.3, -0.25) is 0 Å². The molecule has 0 atom stereocenters. The molecule has 11 aromatic rings. The van der Waals surface area contributed by atoms with Crippen LogP contribution in [-0.4, -0.2) is 9.13 Å². The van der Waals surface area contributed by atoms with E-state index < -0.39 is 0 Å². The number of aromatic nitrogens is 2. The van der Waals surface area contributed by atoms with Crippen LogP contribution in [0.1, 0.15) is 5.56 Å². The van der Waals surface area contributed by atoms with Gasteiger partial charge in [-0.1, -0.05) is 188 Å². The summed E-state index contributed by atoms with van der Waals surface area (Å²) in [6.07, 6.45) is 0. The molecule has 0 aliphatic rings. The van der Waals surface area contributed by atoms with Gasteiger partial charge < -0.3 is 9.13 Å². The minimum atomic E-state index is 1.12. The van der Waals surface area contributed by atoms with Crippen molar-refractivity contribution in [3.63, 3.8) is 0 Å². The van der Waals surface area contributed by atoms with Crippen LogP contribution >= 0.6 is 0 Å². The van der Waals surface area contributed by atoms with E-state index >= 15 is 0 Å². The van der Waals surface area contributed by atoms with E-state index in [-0.39, 0.29) is 0 Å². The molecule has 0 fully saturated rings. The Bertz CT molecular complexity index is 3210. The van der Waals surface area contributed by atoms with Crippen molar-refractivity contribution in [1.82, 2.24) is 9.13 Å². The van der Waals surface area contributed by atoms with Crippen molar-refractivity contribution < 1.29 is 0 Å². The molecule has 0 unspecified atom stereocenters. The van der Waals surface area contributed by atoms with Crippen molar-refractivity contribution >= 4 is 21.5 Å². The summed E-state index contributed by atoms with van der Waals surface area (Å²) in [4.78, 5) is 0. The summed E-state index contributed by atoms with van der Waals surface area (Å²) < 4.78 is 4.87. The first kappa shape index (κ1) is 36.2. The lowest BCUT2D eigenvalue weighted by atomic mass is 9.84. The average Bonchev–Trinajstić information content (AvgIpc) is 3.99. The largest absolute Gasteiger partial charge is 0.309 e. The molecule has 0 N–H and O–H groups in total.